The first kappa shape index (κ1) is 11.1. The van der Waals surface area contributed by atoms with E-state index in [1.54, 1.807) is 0 Å². The smallest absolute Gasteiger partial charge is 0.0332 e. The fourth-order valence-corrected chi connectivity index (χ4v) is 3.86. The van der Waals surface area contributed by atoms with Gasteiger partial charge in [0.15, 0.2) is 0 Å². The van der Waals surface area contributed by atoms with Crippen LogP contribution in [0.15, 0.2) is 0 Å². The lowest BCUT2D eigenvalue weighted by Gasteiger charge is -2.31. The van der Waals surface area contributed by atoms with Gasteiger partial charge in [-0.3, -0.25) is 0 Å². The molecule has 1 aliphatic rings. The molecular formula is C13H26. The predicted octanol–water partition coefficient (Wildman–Crippen LogP) is 4.21. The molecule has 4 atom stereocenters. The van der Waals surface area contributed by atoms with Crippen LogP contribution in [0.4, 0.5) is 0 Å². The van der Waals surface area contributed by atoms with Gasteiger partial charge in [-0.15, -0.1) is 0 Å². The van der Waals surface area contributed by atoms with Crippen molar-refractivity contribution >= 4 is 0 Å². The Morgan fingerprint density at radius 2 is 1.08 bits per heavy atom. The van der Waals surface area contributed by atoms with Gasteiger partial charge >= 0.3 is 0 Å². The topological polar surface area (TPSA) is 0 Å². The van der Waals surface area contributed by atoms with Gasteiger partial charge in [0.25, 0.3) is 0 Å². The summed E-state index contributed by atoms with van der Waals surface area (Å²) in [6, 6.07) is 0. The first-order valence-electron chi connectivity index (χ1n) is 5.95. The van der Waals surface area contributed by atoms with E-state index in [0.29, 0.717) is 0 Å². The summed E-state index contributed by atoms with van der Waals surface area (Å²) in [7, 11) is 0. The Bertz CT molecular complexity index is 139. The second-order valence-electron chi connectivity index (χ2n) is 5.83. The maximum atomic E-state index is 2.45. The highest BCUT2D eigenvalue weighted by Gasteiger charge is 2.41. The van der Waals surface area contributed by atoms with Crippen LogP contribution in [0.3, 0.4) is 0 Å². The molecule has 0 bridgehead atoms. The van der Waals surface area contributed by atoms with Gasteiger partial charge in [0.05, 0.1) is 0 Å². The van der Waals surface area contributed by atoms with Crippen LogP contribution in [0.2, 0.25) is 0 Å². The Hall–Kier alpha value is 0. The normalized spacial score (nSPS) is 40.6. The Labute approximate surface area is 84.1 Å². The Balaban J connectivity index is 2.77. The molecule has 0 aliphatic heterocycles. The van der Waals surface area contributed by atoms with Crippen molar-refractivity contribution in [3.05, 3.63) is 0 Å². The van der Waals surface area contributed by atoms with E-state index in [1.807, 2.05) is 0 Å². The molecule has 0 amide bonds. The van der Waals surface area contributed by atoms with Gasteiger partial charge < -0.3 is 0 Å². The predicted molar refractivity (Wildman–Crippen MR) is 59.6 cm³/mol. The Morgan fingerprint density at radius 3 is 1.31 bits per heavy atom. The van der Waals surface area contributed by atoms with Gasteiger partial charge in [0, 0.05) is 0 Å². The summed E-state index contributed by atoms with van der Waals surface area (Å²) in [4.78, 5) is 0. The molecule has 1 saturated carbocycles. The van der Waals surface area contributed by atoms with Crippen molar-refractivity contribution in [3.63, 3.8) is 0 Å². The van der Waals surface area contributed by atoms with Crippen molar-refractivity contribution in [2.45, 2.75) is 48.0 Å². The molecule has 4 unspecified atom stereocenters. The van der Waals surface area contributed by atoms with Crippen molar-refractivity contribution in [3.8, 4) is 0 Å². The third-order valence-electron chi connectivity index (χ3n) is 4.04. The number of rotatable bonds is 2. The van der Waals surface area contributed by atoms with E-state index in [4.69, 9.17) is 0 Å². The fourth-order valence-electron chi connectivity index (χ4n) is 3.86. The molecule has 0 aromatic carbocycles. The number of hydrogen-bond donors (Lipinski definition) is 0. The molecule has 0 heterocycles. The molecule has 0 spiro atoms. The van der Waals surface area contributed by atoms with Crippen molar-refractivity contribution < 1.29 is 0 Å². The molecule has 0 N–H and O–H groups in total. The molecule has 1 fully saturated rings. The Morgan fingerprint density at radius 1 is 0.769 bits per heavy atom. The average Bonchev–Trinajstić information content (AvgIpc) is 2.24. The summed E-state index contributed by atoms with van der Waals surface area (Å²) in [5.41, 5.74) is 0. The monoisotopic (exact) mass is 182 g/mol. The number of hydrogen-bond acceptors (Lipinski definition) is 0. The van der Waals surface area contributed by atoms with E-state index in [-0.39, 0.29) is 0 Å². The second kappa shape index (κ2) is 4.02. The van der Waals surface area contributed by atoms with Crippen LogP contribution in [0, 0.1) is 35.5 Å². The maximum absolute atomic E-state index is 2.45. The van der Waals surface area contributed by atoms with E-state index in [9.17, 15) is 0 Å². The minimum Gasteiger partial charge on any atom is -0.0625 e. The molecule has 0 nitrogen and oxygen atoms in total. The zero-order valence-electron chi connectivity index (χ0n) is 10.2. The lowest BCUT2D eigenvalue weighted by atomic mass is 9.74. The van der Waals surface area contributed by atoms with Crippen molar-refractivity contribution in [1.29, 1.82) is 0 Å². The van der Waals surface area contributed by atoms with Crippen LogP contribution in [-0.2, 0) is 0 Å². The standard InChI is InChI=1S/C13H26/c1-8(2)12-10(5)7-11(6)13(12)9(3)4/h8-13H,7H2,1-6H3. The average molecular weight is 182 g/mol. The van der Waals surface area contributed by atoms with Crippen molar-refractivity contribution in [2.24, 2.45) is 35.5 Å². The van der Waals surface area contributed by atoms with Crippen LogP contribution in [0.25, 0.3) is 0 Å². The third kappa shape index (κ3) is 2.08. The van der Waals surface area contributed by atoms with Crippen LogP contribution >= 0.6 is 0 Å². The fraction of sp³-hybridized carbons (Fsp3) is 1.00. The molecule has 0 aromatic rings. The summed E-state index contributed by atoms with van der Waals surface area (Å²) in [5.74, 6) is 5.56. The van der Waals surface area contributed by atoms with Crippen molar-refractivity contribution in [1.82, 2.24) is 0 Å². The van der Waals surface area contributed by atoms with Crippen LogP contribution in [-0.4, -0.2) is 0 Å². The zero-order chi connectivity index (χ0) is 10.2. The van der Waals surface area contributed by atoms with Gasteiger partial charge in [-0.1, -0.05) is 41.5 Å². The first-order valence-corrected chi connectivity index (χ1v) is 5.95. The minimum atomic E-state index is 0.868. The second-order valence-corrected chi connectivity index (χ2v) is 5.83. The van der Waals surface area contributed by atoms with Crippen LogP contribution < -0.4 is 0 Å². The van der Waals surface area contributed by atoms with Gasteiger partial charge in [0.1, 0.15) is 0 Å². The van der Waals surface area contributed by atoms with Crippen LogP contribution in [0.1, 0.15) is 48.0 Å². The lowest BCUT2D eigenvalue weighted by molar-refractivity contribution is 0.174. The molecule has 0 saturated heterocycles. The molecule has 0 aromatic heterocycles. The summed E-state index contributed by atoms with van der Waals surface area (Å²) in [5, 5.41) is 0. The molecule has 1 aliphatic carbocycles. The minimum absolute atomic E-state index is 0.868. The molecule has 78 valence electrons. The van der Waals surface area contributed by atoms with Crippen LogP contribution in [0.5, 0.6) is 0 Å². The van der Waals surface area contributed by atoms with E-state index in [0.717, 1.165) is 35.5 Å². The summed E-state index contributed by atoms with van der Waals surface area (Å²) in [6.45, 7) is 14.5. The lowest BCUT2D eigenvalue weighted by Crippen LogP contribution is -2.25. The highest BCUT2D eigenvalue weighted by atomic mass is 14.5. The molecule has 1 rings (SSSR count). The molecular weight excluding hydrogens is 156 g/mol. The molecule has 0 heteroatoms. The van der Waals surface area contributed by atoms with E-state index >= 15 is 0 Å². The van der Waals surface area contributed by atoms with Gasteiger partial charge in [-0.05, 0) is 41.9 Å². The van der Waals surface area contributed by atoms with E-state index < -0.39 is 0 Å². The maximum Gasteiger partial charge on any atom is -0.0332 e. The van der Waals surface area contributed by atoms with Crippen molar-refractivity contribution in [2.75, 3.05) is 0 Å². The van der Waals surface area contributed by atoms with Gasteiger partial charge in [0.2, 0.25) is 0 Å². The summed E-state index contributed by atoms with van der Waals surface area (Å²) < 4.78 is 0. The third-order valence-corrected chi connectivity index (χ3v) is 4.04. The quantitative estimate of drug-likeness (QED) is 0.600. The zero-order valence-corrected chi connectivity index (χ0v) is 10.2. The SMILES string of the molecule is CC(C)C1C(C)CC(C)C1C(C)C. The van der Waals surface area contributed by atoms with Gasteiger partial charge in [-0.25, -0.2) is 0 Å². The summed E-state index contributed by atoms with van der Waals surface area (Å²) in [6.07, 6.45) is 1.45. The first-order chi connectivity index (χ1) is 5.95. The summed E-state index contributed by atoms with van der Waals surface area (Å²) >= 11 is 0. The molecule has 0 radical (unpaired) electrons. The highest BCUT2D eigenvalue weighted by Crippen LogP contribution is 2.48. The van der Waals surface area contributed by atoms with E-state index in [1.165, 1.54) is 6.42 Å². The highest BCUT2D eigenvalue weighted by molar-refractivity contribution is 4.89. The van der Waals surface area contributed by atoms with E-state index in [2.05, 4.69) is 41.5 Å². The van der Waals surface area contributed by atoms with Gasteiger partial charge in [-0.2, -0.15) is 0 Å². The molecule has 13 heavy (non-hydrogen) atoms. The largest absolute Gasteiger partial charge is 0.0625 e. The Kier molecular flexibility index (Phi) is 3.43.